The van der Waals surface area contributed by atoms with Gasteiger partial charge in [-0.05, 0) is 30.5 Å². The summed E-state index contributed by atoms with van der Waals surface area (Å²) in [5.41, 5.74) is 3.85. The molecule has 2 heterocycles. The molecule has 1 saturated heterocycles. The molecule has 1 aromatic heterocycles. The summed E-state index contributed by atoms with van der Waals surface area (Å²) in [6.45, 7) is 1.41. The van der Waals surface area contributed by atoms with Crippen molar-refractivity contribution >= 4 is 23.6 Å². The first-order valence-electron chi connectivity index (χ1n) is 9.79. The van der Waals surface area contributed by atoms with E-state index in [4.69, 9.17) is 11.6 Å². The van der Waals surface area contributed by atoms with Crippen molar-refractivity contribution in [1.29, 1.82) is 0 Å². The number of amides is 1. The van der Waals surface area contributed by atoms with Gasteiger partial charge in [0.1, 0.15) is 6.33 Å². The van der Waals surface area contributed by atoms with Gasteiger partial charge in [-0.1, -0.05) is 60.1 Å². The van der Waals surface area contributed by atoms with E-state index in [0.717, 1.165) is 41.8 Å². The summed E-state index contributed by atoms with van der Waals surface area (Å²) in [5.74, 6) is 0.194. The Morgan fingerprint density at radius 3 is 2.69 bits per heavy atom. The molecule has 1 atom stereocenters. The van der Waals surface area contributed by atoms with Crippen LogP contribution in [0.1, 0.15) is 30.0 Å². The molecule has 3 aromatic rings. The summed E-state index contributed by atoms with van der Waals surface area (Å²) in [4.78, 5) is 23.4. The lowest BCUT2D eigenvalue weighted by molar-refractivity contribution is -0.127. The molecule has 1 unspecified atom stereocenters. The van der Waals surface area contributed by atoms with Crippen LogP contribution in [-0.2, 0) is 4.79 Å². The Hall–Kier alpha value is -2.98. The lowest BCUT2D eigenvalue weighted by Gasteiger charge is -2.32. The van der Waals surface area contributed by atoms with Gasteiger partial charge in [0.05, 0.1) is 5.69 Å². The van der Waals surface area contributed by atoms with E-state index in [1.807, 2.05) is 71.8 Å². The fraction of sp³-hybridized carbons (Fsp3) is 0.208. The minimum Gasteiger partial charge on any atom is -0.338 e. The lowest BCUT2D eigenvalue weighted by Crippen LogP contribution is -2.38. The van der Waals surface area contributed by atoms with Gasteiger partial charge in [-0.15, -0.1) is 0 Å². The van der Waals surface area contributed by atoms with Gasteiger partial charge in [-0.2, -0.15) is 0 Å². The van der Waals surface area contributed by atoms with E-state index in [2.05, 4.69) is 9.97 Å². The molecule has 1 amide bonds. The largest absolute Gasteiger partial charge is 0.338 e. The predicted octanol–water partition coefficient (Wildman–Crippen LogP) is 5.22. The van der Waals surface area contributed by atoms with Crippen LogP contribution in [0.15, 0.2) is 73.2 Å². The van der Waals surface area contributed by atoms with Gasteiger partial charge >= 0.3 is 0 Å². The highest BCUT2D eigenvalue weighted by Gasteiger charge is 2.27. The summed E-state index contributed by atoms with van der Waals surface area (Å²) < 4.78 is 0. The minimum absolute atomic E-state index is 0.0342. The third kappa shape index (κ3) is 4.54. The Labute approximate surface area is 175 Å². The number of piperidine rings is 1. The molecule has 0 N–H and O–H groups in total. The van der Waals surface area contributed by atoms with Crippen molar-refractivity contribution in [2.75, 3.05) is 13.1 Å². The summed E-state index contributed by atoms with van der Waals surface area (Å²) in [6.07, 6.45) is 8.85. The second-order valence-electron chi connectivity index (χ2n) is 7.17. The normalized spacial score (nSPS) is 16.9. The zero-order chi connectivity index (χ0) is 20.1. The Bertz CT molecular complexity index is 1020. The van der Waals surface area contributed by atoms with Crippen LogP contribution in [0.3, 0.4) is 0 Å². The van der Waals surface area contributed by atoms with Crippen LogP contribution in [0.25, 0.3) is 17.2 Å². The number of hydrogen-bond acceptors (Lipinski definition) is 3. The van der Waals surface area contributed by atoms with Crippen LogP contribution >= 0.6 is 11.6 Å². The molecule has 0 spiro atoms. The van der Waals surface area contributed by atoms with Crippen molar-refractivity contribution in [2.24, 2.45) is 0 Å². The van der Waals surface area contributed by atoms with Gasteiger partial charge in [0.2, 0.25) is 5.91 Å². The van der Waals surface area contributed by atoms with Gasteiger partial charge in [-0.3, -0.25) is 4.79 Å². The monoisotopic (exact) mass is 403 g/mol. The first kappa shape index (κ1) is 19.3. The van der Waals surface area contributed by atoms with Crippen molar-refractivity contribution in [2.45, 2.75) is 18.8 Å². The van der Waals surface area contributed by atoms with Crippen molar-refractivity contribution in [3.05, 3.63) is 89.5 Å². The van der Waals surface area contributed by atoms with Crippen LogP contribution in [0, 0.1) is 0 Å². The Morgan fingerprint density at radius 2 is 1.86 bits per heavy atom. The number of halogens is 1. The van der Waals surface area contributed by atoms with Crippen LogP contribution in [0.5, 0.6) is 0 Å². The van der Waals surface area contributed by atoms with E-state index in [0.29, 0.717) is 11.6 Å². The Balaban J connectivity index is 1.54. The second kappa shape index (κ2) is 9.01. The van der Waals surface area contributed by atoms with E-state index in [-0.39, 0.29) is 11.8 Å². The molecular formula is C24H22ClN3O. The van der Waals surface area contributed by atoms with E-state index >= 15 is 0 Å². The van der Waals surface area contributed by atoms with Crippen LogP contribution in [0.2, 0.25) is 5.02 Å². The highest BCUT2D eigenvalue weighted by atomic mass is 35.5. The first-order valence-corrected chi connectivity index (χ1v) is 10.2. The summed E-state index contributed by atoms with van der Waals surface area (Å²) in [5, 5.41) is 0.679. The molecule has 29 heavy (non-hydrogen) atoms. The highest BCUT2D eigenvalue weighted by Crippen LogP contribution is 2.35. The number of hydrogen-bond donors (Lipinski definition) is 0. The van der Waals surface area contributed by atoms with Crippen LogP contribution < -0.4 is 0 Å². The third-order valence-corrected chi connectivity index (χ3v) is 5.57. The molecule has 1 aliphatic rings. The molecule has 4 nitrogen and oxygen atoms in total. The molecule has 0 aliphatic carbocycles. The van der Waals surface area contributed by atoms with E-state index < -0.39 is 0 Å². The molecule has 2 aromatic carbocycles. The molecule has 146 valence electrons. The van der Waals surface area contributed by atoms with Crippen molar-refractivity contribution in [3.8, 4) is 11.1 Å². The molecule has 0 radical (unpaired) electrons. The number of aromatic nitrogens is 2. The van der Waals surface area contributed by atoms with Crippen LogP contribution in [-0.4, -0.2) is 33.9 Å². The Kier molecular flexibility index (Phi) is 6.01. The van der Waals surface area contributed by atoms with Gasteiger partial charge in [0.15, 0.2) is 0 Å². The van der Waals surface area contributed by atoms with Crippen molar-refractivity contribution in [3.63, 3.8) is 0 Å². The SMILES string of the molecule is O=C(/C=C/c1ccccc1)N1CCCC(c2ncncc2-c2ccccc2Cl)C1. The van der Waals surface area contributed by atoms with E-state index in [9.17, 15) is 4.79 Å². The predicted molar refractivity (Wildman–Crippen MR) is 117 cm³/mol. The van der Waals surface area contributed by atoms with Gasteiger partial charge in [-0.25, -0.2) is 9.97 Å². The number of carbonyl (C=O) groups is 1. The van der Waals surface area contributed by atoms with Crippen LogP contribution in [0.4, 0.5) is 0 Å². The number of carbonyl (C=O) groups excluding carboxylic acids is 1. The second-order valence-corrected chi connectivity index (χ2v) is 7.58. The zero-order valence-electron chi connectivity index (χ0n) is 16.0. The number of rotatable bonds is 4. The average molecular weight is 404 g/mol. The number of nitrogens with zero attached hydrogens (tertiary/aromatic N) is 3. The molecule has 4 rings (SSSR count). The van der Waals surface area contributed by atoms with Gasteiger partial charge in [0.25, 0.3) is 0 Å². The summed E-state index contributed by atoms with van der Waals surface area (Å²) in [6, 6.07) is 17.6. The molecule has 0 bridgehead atoms. The van der Waals surface area contributed by atoms with Gasteiger partial charge in [0, 0.05) is 47.4 Å². The third-order valence-electron chi connectivity index (χ3n) is 5.24. The summed E-state index contributed by atoms with van der Waals surface area (Å²) in [7, 11) is 0. The summed E-state index contributed by atoms with van der Waals surface area (Å²) >= 11 is 6.42. The van der Waals surface area contributed by atoms with Gasteiger partial charge < -0.3 is 4.90 Å². The fourth-order valence-electron chi connectivity index (χ4n) is 3.79. The highest BCUT2D eigenvalue weighted by molar-refractivity contribution is 6.33. The average Bonchev–Trinajstić information content (AvgIpc) is 2.78. The maximum absolute atomic E-state index is 12.7. The molecule has 5 heteroatoms. The Morgan fingerprint density at radius 1 is 1.07 bits per heavy atom. The maximum atomic E-state index is 12.7. The molecule has 1 fully saturated rings. The molecule has 1 aliphatic heterocycles. The smallest absolute Gasteiger partial charge is 0.246 e. The number of benzene rings is 2. The van der Waals surface area contributed by atoms with Crippen molar-refractivity contribution in [1.82, 2.24) is 14.9 Å². The molecular weight excluding hydrogens is 382 g/mol. The van der Waals surface area contributed by atoms with E-state index in [1.165, 1.54) is 0 Å². The number of likely N-dealkylation sites (tertiary alicyclic amines) is 1. The standard InChI is InChI=1S/C24H22ClN3O/c25-22-11-5-4-10-20(22)21-15-26-17-27-24(21)19-9-6-14-28(16-19)23(29)13-12-18-7-2-1-3-8-18/h1-5,7-8,10-13,15,17,19H,6,9,14,16H2/b13-12+. The van der Waals surface area contributed by atoms with Crippen molar-refractivity contribution < 1.29 is 4.79 Å². The first-order chi connectivity index (χ1) is 14.2. The topological polar surface area (TPSA) is 46.1 Å². The molecule has 0 saturated carbocycles. The lowest BCUT2D eigenvalue weighted by atomic mass is 9.90. The fourth-order valence-corrected chi connectivity index (χ4v) is 4.03. The quantitative estimate of drug-likeness (QED) is 0.561. The maximum Gasteiger partial charge on any atom is 0.246 e. The van der Waals surface area contributed by atoms with E-state index in [1.54, 1.807) is 12.4 Å². The minimum atomic E-state index is 0.0342. The zero-order valence-corrected chi connectivity index (χ0v) is 16.8.